The molecule has 9 nitrogen and oxygen atoms in total. The number of amides is 2. The van der Waals surface area contributed by atoms with Crippen molar-refractivity contribution in [3.8, 4) is 5.75 Å². The molecule has 1 atom stereocenters. The average Bonchev–Trinajstić information content (AvgIpc) is 3.40. The molecule has 0 aliphatic carbocycles. The van der Waals surface area contributed by atoms with Gasteiger partial charge in [-0.2, -0.15) is 4.98 Å². The summed E-state index contributed by atoms with van der Waals surface area (Å²) in [5.74, 6) is 0.602. The van der Waals surface area contributed by atoms with Crippen LogP contribution in [0, 0.1) is 0 Å². The number of benzene rings is 2. The van der Waals surface area contributed by atoms with Crippen molar-refractivity contribution in [1.82, 2.24) is 20.4 Å². The molecule has 1 heterocycles. The normalized spacial score (nSPS) is 11.4. The van der Waals surface area contributed by atoms with E-state index in [4.69, 9.17) is 38.2 Å². The minimum atomic E-state index is -0.754. The zero-order chi connectivity index (χ0) is 28.2. The molecule has 0 saturated heterocycles. The summed E-state index contributed by atoms with van der Waals surface area (Å²) in [5.41, 5.74) is 7.56. The van der Waals surface area contributed by atoms with Crippen molar-refractivity contribution in [2.45, 2.75) is 52.0 Å². The third-order valence-corrected chi connectivity index (χ3v) is 6.96. The summed E-state index contributed by atoms with van der Waals surface area (Å²) in [6, 6.07) is 12.0. The van der Waals surface area contributed by atoms with Gasteiger partial charge >= 0.3 is 6.03 Å². The molecule has 0 spiro atoms. The lowest BCUT2D eigenvalue weighted by Crippen LogP contribution is -2.48. The summed E-state index contributed by atoms with van der Waals surface area (Å²) in [4.78, 5) is 31.6. The molecule has 0 aliphatic rings. The van der Waals surface area contributed by atoms with Crippen molar-refractivity contribution in [1.29, 1.82) is 0 Å². The molecule has 0 radical (unpaired) electrons. The summed E-state index contributed by atoms with van der Waals surface area (Å²) < 4.78 is 11.2. The molecular formula is C28H36Cl3N5O4. The number of carbonyl (C=O) groups excluding carboxylic acids is 2. The average molecular weight is 613 g/mol. The smallest absolute Gasteiger partial charge is 0.317 e. The number of aromatic nitrogens is 2. The molecule has 2 aromatic carbocycles. The number of carbonyl (C=O) groups is 2. The largest absolute Gasteiger partial charge is 0.493 e. The second-order valence-corrected chi connectivity index (χ2v) is 9.82. The first-order chi connectivity index (χ1) is 18.8. The van der Waals surface area contributed by atoms with E-state index < -0.39 is 6.04 Å². The van der Waals surface area contributed by atoms with Crippen LogP contribution in [0.1, 0.15) is 60.7 Å². The number of rotatable bonds is 15. The van der Waals surface area contributed by atoms with Gasteiger partial charge in [0.2, 0.25) is 17.5 Å². The van der Waals surface area contributed by atoms with Gasteiger partial charge in [0.05, 0.1) is 29.1 Å². The first-order valence-corrected chi connectivity index (χ1v) is 13.9. The number of nitrogens with two attached hydrogens (primary N) is 1. The number of ketones is 1. The van der Waals surface area contributed by atoms with Gasteiger partial charge in [-0.1, -0.05) is 46.6 Å². The molecule has 3 aromatic rings. The van der Waals surface area contributed by atoms with Gasteiger partial charge in [0.1, 0.15) is 5.75 Å². The predicted molar refractivity (Wildman–Crippen MR) is 159 cm³/mol. The summed E-state index contributed by atoms with van der Waals surface area (Å²) in [7, 11) is 0. The second kappa shape index (κ2) is 17.1. The molecule has 218 valence electrons. The van der Waals surface area contributed by atoms with E-state index in [1.165, 1.54) is 0 Å². The van der Waals surface area contributed by atoms with Crippen LogP contribution in [-0.4, -0.2) is 59.1 Å². The Labute approximate surface area is 251 Å². The maximum absolute atomic E-state index is 13.1. The van der Waals surface area contributed by atoms with Crippen molar-refractivity contribution < 1.29 is 18.8 Å². The number of ether oxygens (including phenoxy) is 1. The van der Waals surface area contributed by atoms with Crippen LogP contribution in [-0.2, 0) is 12.8 Å². The highest BCUT2D eigenvalue weighted by Gasteiger charge is 2.27. The molecule has 2 amide bonds. The zero-order valence-electron chi connectivity index (χ0n) is 22.7. The van der Waals surface area contributed by atoms with Gasteiger partial charge in [-0.15, -0.1) is 12.4 Å². The van der Waals surface area contributed by atoms with Gasteiger partial charge in [-0.3, -0.25) is 4.79 Å². The predicted octanol–water partition coefficient (Wildman–Crippen LogP) is 5.74. The number of halogens is 3. The molecule has 0 bridgehead atoms. The highest BCUT2D eigenvalue weighted by atomic mass is 35.5. The highest BCUT2D eigenvalue weighted by molar-refractivity contribution is 6.42. The molecular weight excluding hydrogens is 577 g/mol. The lowest BCUT2D eigenvalue weighted by molar-refractivity contribution is 0.0920. The van der Waals surface area contributed by atoms with Crippen molar-refractivity contribution in [2.75, 3.05) is 26.2 Å². The summed E-state index contributed by atoms with van der Waals surface area (Å²) in [6.07, 6.45) is 2.93. The van der Waals surface area contributed by atoms with Crippen LogP contribution in [0.15, 0.2) is 47.0 Å². The molecule has 0 aliphatic heterocycles. The third kappa shape index (κ3) is 9.96. The first kappa shape index (κ1) is 33.4. The number of hydrogen-bond donors (Lipinski definition) is 2. The lowest BCUT2D eigenvalue weighted by atomic mass is 10.0. The van der Waals surface area contributed by atoms with Gasteiger partial charge in [-0.05, 0) is 75.0 Å². The number of hydrogen-bond acceptors (Lipinski definition) is 7. The van der Waals surface area contributed by atoms with Gasteiger partial charge in [-0.25, -0.2) is 4.79 Å². The topological polar surface area (TPSA) is 124 Å². The van der Waals surface area contributed by atoms with Crippen LogP contribution in [0.4, 0.5) is 4.79 Å². The van der Waals surface area contributed by atoms with E-state index >= 15 is 0 Å². The quantitative estimate of drug-likeness (QED) is 0.166. The van der Waals surface area contributed by atoms with Crippen LogP contribution in [0.3, 0.4) is 0 Å². The Morgan fingerprint density at radius 1 is 1.05 bits per heavy atom. The molecule has 1 aromatic heterocycles. The van der Waals surface area contributed by atoms with E-state index in [0.717, 1.165) is 23.3 Å². The molecule has 40 heavy (non-hydrogen) atoms. The summed E-state index contributed by atoms with van der Waals surface area (Å²) in [5, 5.41) is 7.76. The lowest BCUT2D eigenvalue weighted by Gasteiger charge is -2.23. The fraction of sp³-hybridized carbons (Fsp3) is 0.429. The van der Waals surface area contributed by atoms with Crippen molar-refractivity contribution in [2.24, 2.45) is 5.73 Å². The van der Waals surface area contributed by atoms with Crippen LogP contribution in [0.25, 0.3) is 0 Å². The minimum Gasteiger partial charge on any atom is -0.493 e. The van der Waals surface area contributed by atoms with Gasteiger partial charge in [0.15, 0.2) is 0 Å². The monoisotopic (exact) mass is 611 g/mol. The highest BCUT2D eigenvalue weighted by Crippen LogP contribution is 2.23. The van der Waals surface area contributed by atoms with Gasteiger partial charge in [0, 0.05) is 19.5 Å². The number of nitrogens with one attached hydrogen (secondary N) is 1. The third-order valence-electron chi connectivity index (χ3n) is 6.22. The summed E-state index contributed by atoms with van der Waals surface area (Å²) in [6.45, 7) is 5.85. The van der Waals surface area contributed by atoms with Crippen molar-refractivity contribution in [3.63, 3.8) is 0 Å². The molecule has 12 heteroatoms. The van der Waals surface area contributed by atoms with Gasteiger partial charge < -0.3 is 25.2 Å². The van der Waals surface area contributed by atoms with E-state index in [9.17, 15) is 9.59 Å². The molecule has 3 rings (SSSR count). The van der Waals surface area contributed by atoms with Crippen molar-refractivity contribution >= 4 is 47.4 Å². The maximum Gasteiger partial charge on any atom is 0.317 e. The molecule has 0 saturated carbocycles. The fourth-order valence-electron chi connectivity index (χ4n) is 3.96. The van der Waals surface area contributed by atoms with Crippen LogP contribution in [0.5, 0.6) is 5.75 Å². The van der Waals surface area contributed by atoms with E-state index in [0.29, 0.717) is 67.9 Å². The second-order valence-electron chi connectivity index (χ2n) is 9.00. The zero-order valence-corrected chi connectivity index (χ0v) is 25.0. The Bertz CT molecular complexity index is 1220. The number of nitrogens with zero attached hydrogens (tertiary/aromatic N) is 3. The summed E-state index contributed by atoms with van der Waals surface area (Å²) >= 11 is 12.0. The number of unbranched alkanes of at least 4 members (excludes halogenated alkanes) is 1. The molecule has 3 N–H and O–H groups in total. The standard InChI is InChI=1S/C28H35Cl2N5O4.ClH/c1-3-35(4-2)28(37)32-24(7-5-6-15-31)26(36)27-33-25(39-34-27)18-19-8-11-21(12-9-19)38-16-14-20-10-13-22(29)23(30)17-20;/h8-13,17,24H,3-7,14-16,18,31H2,1-2H3,(H,32,37);1H/t24-;/m0./s1. The van der Waals surface area contributed by atoms with Crippen molar-refractivity contribution in [3.05, 3.63) is 75.4 Å². The van der Waals surface area contributed by atoms with E-state index in [2.05, 4.69) is 15.5 Å². The molecule has 0 fully saturated rings. The molecule has 0 unspecified atom stereocenters. The minimum absolute atomic E-state index is 0. The fourth-order valence-corrected chi connectivity index (χ4v) is 4.28. The van der Waals surface area contributed by atoms with Crippen LogP contribution in [0.2, 0.25) is 10.0 Å². The first-order valence-electron chi connectivity index (χ1n) is 13.1. The van der Waals surface area contributed by atoms with Gasteiger partial charge in [0.25, 0.3) is 0 Å². The SMILES string of the molecule is CCN(CC)C(=O)N[C@@H](CCCCN)C(=O)c1noc(Cc2ccc(OCCc3ccc(Cl)c(Cl)c3)cc2)n1.Cl. The van der Waals surface area contributed by atoms with E-state index in [-0.39, 0.29) is 30.0 Å². The van der Waals surface area contributed by atoms with Crippen LogP contribution >= 0.6 is 35.6 Å². The Morgan fingerprint density at radius 2 is 1.75 bits per heavy atom. The Hall–Kier alpha value is -2.85. The van der Waals surface area contributed by atoms with E-state index in [1.807, 2.05) is 50.2 Å². The maximum atomic E-state index is 13.1. The number of Topliss-reactive ketones (excluding diaryl/α,β-unsaturated/α-hetero) is 1. The Morgan fingerprint density at radius 3 is 2.40 bits per heavy atom. The van der Waals surface area contributed by atoms with Crippen LogP contribution < -0.4 is 15.8 Å². The Kier molecular flexibility index (Phi) is 14.2. The Balaban J connectivity index is 0.00000560. The number of urea groups is 1. The van der Waals surface area contributed by atoms with E-state index in [1.54, 1.807) is 11.0 Å².